The predicted octanol–water partition coefficient (Wildman–Crippen LogP) is 3.14. The molecule has 0 spiro atoms. The first-order chi connectivity index (χ1) is 7.15. The highest BCUT2D eigenvalue weighted by atomic mass is 32.2. The number of rotatable bonds is 5. The Balaban J connectivity index is 2.56. The van der Waals surface area contributed by atoms with Crippen molar-refractivity contribution in [3.63, 3.8) is 0 Å². The first-order valence-corrected chi connectivity index (χ1v) is 5.95. The fraction of sp³-hybridized carbons (Fsp3) is 0.455. The third-order valence-corrected chi connectivity index (χ3v) is 3.61. The lowest BCUT2D eigenvalue weighted by atomic mass is 10.2. The van der Waals surface area contributed by atoms with Crippen LogP contribution < -0.4 is 0 Å². The molecule has 0 aliphatic rings. The Kier molecular flexibility index (Phi) is 4.62. The van der Waals surface area contributed by atoms with Gasteiger partial charge in [-0.2, -0.15) is 0 Å². The van der Waals surface area contributed by atoms with Crippen molar-refractivity contribution in [2.24, 2.45) is 0 Å². The Morgan fingerprint density at radius 1 is 1.47 bits per heavy atom. The first kappa shape index (κ1) is 12.0. The second-order valence-electron chi connectivity index (χ2n) is 3.42. The van der Waals surface area contributed by atoms with Crippen molar-refractivity contribution < 1.29 is 4.92 Å². The van der Waals surface area contributed by atoms with E-state index in [0.29, 0.717) is 12.2 Å². The lowest BCUT2D eigenvalue weighted by Gasteiger charge is -2.08. The number of thioether (sulfide) groups is 1. The maximum atomic E-state index is 10.6. The molecule has 0 saturated heterocycles. The summed E-state index contributed by atoms with van der Waals surface area (Å²) in [4.78, 5) is 11.6. The van der Waals surface area contributed by atoms with Gasteiger partial charge in [-0.25, -0.2) is 0 Å². The number of hydrogen-bond acceptors (Lipinski definition) is 3. The van der Waals surface area contributed by atoms with Crippen LogP contribution in [-0.2, 0) is 0 Å². The highest BCUT2D eigenvalue weighted by Gasteiger charge is 2.17. The summed E-state index contributed by atoms with van der Waals surface area (Å²) < 4.78 is 0. The number of benzene rings is 1. The molecule has 1 atom stereocenters. The molecular formula is C11H15NO2S. The Labute approximate surface area is 94.0 Å². The number of aryl methyl sites for hydroxylation is 1. The molecule has 1 rings (SSSR count). The van der Waals surface area contributed by atoms with E-state index >= 15 is 0 Å². The molecule has 4 heteroatoms. The van der Waals surface area contributed by atoms with Crippen LogP contribution in [0.3, 0.4) is 0 Å². The van der Waals surface area contributed by atoms with Gasteiger partial charge in [0.1, 0.15) is 0 Å². The average Bonchev–Trinajstić information content (AvgIpc) is 2.21. The molecule has 0 amide bonds. The number of nitro groups is 1. The molecule has 0 aliphatic heterocycles. The van der Waals surface area contributed by atoms with Gasteiger partial charge in [0.05, 0.1) is 5.75 Å². The van der Waals surface area contributed by atoms with E-state index in [1.165, 1.54) is 5.56 Å². The lowest BCUT2D eigenvalue weighted by Crippen LogP contribution is -2.20. The maximum absolute atomic E-state index is 10.6. The fourth-order valence-corrected chi connectivity index (χ4v) is 2.43. The van der Waals surface area contributed by atoms with Crippen LogP contribution in [0, 0.1) is 17.0 Å². The maximum Gasteiger partial charge on any atom is 0.222 e. The summed E-state index contributed by atoms with van der Waals surface area (Å²) in [5, 5.41) is 10.6. The zero-order valence-electron chi connectivity index (χ0n) is 8.97. The van der Waals surface area contributed by atoms with Gasteiger partial charge >= 0.3 is 0 Å². The van der Waals surface area contributed by atoms with E-state index in [2.05, 4.69) is 0 Å². The van der Waals surface area contributed by atoms with Crippen LogP contribution in [0.4, 0.5) is 0 Å². The minimum atomic E-state index is -0.436. The van der Waals surface area contributed by atoms with Gasteiger partial charge in [-0.3, -0.25) is 10.1 Å². The molecule has 1 aromatic rings. The highest BCUT2D eigenvalue weighted by Crippen LogP contribution is 2.23. The van der Waals surface area contributed by atoms with Gasteiger partial charge in [0, 0.05) is 16.2 Å². The molecule has 0 saturated carbocycles. The minimum Gasteiger partial charge on any atom is -0.264 e. The van der Waals surface area contributed by atoms with Crippen LogP contribution in [0.5, 0.6) is 0 Å². The summed E-state index contributed by atoms with van der Waals surface area (Å²) in [6, 6.07) is 7.53. The fourth-order valence-electron chi connectivity index (χ4n) is 1.23. The molecule has 82 valence electrons. The molecular weight excluding hydrogens is 210 g/mol. The van der Waals surface area contributed by atoms with Crippen LogP contribution in [0.2, 0.25) is 0 Å². The molecule has 0 heterocycles. The SMILES string of the molecule is CCC(CSc1ccccc1C)[N+](=O)[O-]. The van der Waals surface area contributed by atoms with Gasteiger partial charge in [0.25, 0.3) is 0 Å². The minimum absolute atomic E-state index is 0.189. The van der Waals surface area contributed by atoms with Crippen molar-refractivity contribution >= 4 is 11.8 Å². The Hall–Kier alpha value is -1.03. The molecule has 0 fully saturated rings. The van der Waals surface area contributed by atoms with Crippen LogP contribution in [0.15, 0.2) is 29.2 Å². The van der Waals surface area contributed by atoms with Crippen molar-refractivity contribution in [2.45, 2.75) is 31.2 Å². The zero-order valence-corrected chi connectivity index (χ0v) is 9.79. The average molecular weight is 225 g/mol. The van der Waals surface area contributed by atoms with E-state index in [1.807, 2.05) is 38.1 Å². The van der Waals surface area contributed by atoms with E-state index < -0.39 is 6.04 Å². The van der Waals surface area contributed by atoms with Gasteiger partial charge in [-0.1, -0.05) is 25.1 Å². The van der Waals surface area contributed by atoms with Gasteiger partial charge in [-0.05, 0) is 18.6 Å². The topological polar surface area (TPSA) is 43.1 Å². The molecule has 0 bridgehead atoms. The molecule has 1 unspecified atom stereocenters. The predicted molar refractivity (Wildman–Crippen MR) is 63.0 cm³/mol. The van der Waals surface area contributed by atoms with Crippen LogP contribution in [0.25, 0.3) is 0 Å². The van der Waals surface area contributed by atoms with Gasteiger partial charge in [0.15, 0.2) is 0 Å². The van der Waals surface area contributed by atoms with E-state index in [-0.39, 0.29) is 4.92 Å². The summed E-state index contributed by atoms with van der Waals surface area (Å²) in [6.45, 7) is 3.88. The summed E-state index contributed by atoms with van der Waals surface area (Å²) in [6.07, 6.45) is 0.589. The van der Waals surface area contributed by atoms with Gasteiger partial charge in [0.2, 0.25) is 6.04 Å². The third-order valence-electron chi connectivity index (χ3n) is 2.29. The number of hydrogen-bond donors (Lipinski definition) is 0. The van der Waals surface area contributed by atoms with E-state index in [0.717, 1.165) is 4.90 Å². The van der Waals surface area contributed by atoms with Gasteiger partial charge in [-0.15, -0.1) is 11.8 Å². The molecule has 1 aromatic carbocycles. The third kappa shape index (κ3) is 3.55. The molecule has 15 heavy (non-hydrogen) atoms. The zero-order chi connectivity index (χ0) is 11.3. The van der Waals surface area contributed by atoms with Crippen molar-refractivity contribution in [3.05, 3.63) is 39.9 Å². The van der Waals surface area contributed by atoms with Crippen LogP contribution in [0.1, 0.15) is 18.9 Å². The van der Waals surface area contributed by atoms with E-state index in [4.69, 9.17) is 0 Å². The summed E-state index contributed by atoms with van der Waals surface area (Å²) in [7, 11) is 0. The summed E-state index contributed by atoms with van der Waals surface area (Å²) in [5.41, 5.74) is 1.18. The molecule has 3 nitrogen and oxygen atoms in total. The van der Waals surface area contributed by atoms with Crippen molar-refractivity contribution in [1.29, 1.82) is 0 Å². The Morgan fingerprint density at radius 2 is 2.13 bits per heavy atom. The highest BCUT2D eigenvalue weighted by molar-refractivity contribution is 7.99. The van der Waals surface area contributed by atoms with Crippen LogP contribution >= 0.6 is 11.8 Å². The normalized spacial score (nSPS) is 12.4. The van der Waals surface area contributed by atoms with Crippen LogP contribution in [-0.4, -0.2) is 16.7 Å². The van der Waals surface area contributed by atoms with Crippen molar-refractivity contribution in [3.8, 4) is 0 Å². The van der Waals surface area contributed by atoms with Gasteiger partial charge < -0.3 is 0 Å². The Morgan fingerprint density at radius 3 is 2.67 bits per heavy atom. The second kappa shape index (κ2) is 5.75. The number of nitrogens with zero attached hydrogens (tertiary/aromatic N) is 1. The molecule has 0 aliphatic carbocycles. The lowest BCUT2D eigenvalue weighted by molar-refractivity contribution is -0.516. The quantitative estimate of drug-likeness (QED) is 0.439. The summed E-state index contributed by atoms with van der Waals surface area (Å²) >= 11 is 1.57. The second-order valence-corrected chi connectivity index (χ2v) is 4.49. The van der Waals surface area contributed by atoms with Crippen molar-refractivity contribution in [1.82, 2.24) is 0 Å². The smallest absolute Gasteiger partial charge is 0.222 e. The van der Waals surface area contributed by atoms with E-state index in [1.54, 1.807) is 11.8 Å². The molecule has 0 N–H and O–H groups in total. The van der Waals surface area contributed by atoms with E-state index in [9.17, 15) is 10.1 Å². The molecule has 0 aromatic heterocycles. The van der Waals surface area contributed by atoms with Crippen molar-refractivity contribution in [2.75, 3.05) is 5.75 Å². The summed E-state index contributed by atoms with van der Waals surface area (Å²) in [5.74, 6) is 0.550. The largest absolute Gasteiger partial charge is 0.264 e. The molecule has 0 radical (unpaired) electrons. The monoisotopic (exact) mass is 225 g/mol. The first-order valence-electron chi connectivity index (χ1n) is 4.97. The Bertz CT molecular complexity index is 341. The standard InChI is InChI=1S/C11H15NO2S/c1-3-10(12(13)14)8-15-11-7-5-4-6-9(11)2/h4-7,10H,3,8H2,1-2H3.